The van der Waals surface area contributed by atoms with Crippen molar-refractivity contribution in [1.29, 1.82) is 0 Å². The zero-order valence-electron chi connectivity index (χ0n) is 13.6. The van der Waals surface area contributed by atoms with E-state index in [1.54, 1.807) is 0 Å². The van der Waals surface area contributed by atoms with Crippen LogP contribution in [0.25, 0.3) is 0 Å². The lowest BCUT2D eigenvalue weighted by Crippen LogP contribution is -2.39. The van der Waals surface area contributed by atoms with Crippen LogP contribution in [-0.2, 0) is 6.54 Å². The van der Waals surface area contributed by atoms with E-state index in [0.717, 1.165) is 29.8 Å². The van der Waals surface area contributed by atoms with Crippen molar-refractivity contribution in [2.45, 2.75) is 46.1 Å². The summed E-state index contributed by atoms with van der Waals surface area (Å²) < 4.78 is 5.27. The van der Waals surface area contributed by atoms with Gasteiger partial charge in [0, 0.05) is 12.1 Å². The van der Waals surface area contributed by atoms with Crippen molar-refractivity contribution in [3.63, 3.8) is 0 Å². The lowest BCUT2D eigenvalue weighted by Gasteiger charge is -2.37. The number of aromatic nitrogens is 1. The van der Waals surface area contributed by atoms with Gasteiger partial charge in [0.25, 0.3) is 0 Å². The molecule has 0 saturated carbocycles. The number of nitrogens with zero attached hydrogens (tertiary/aromatic N) is 2. The maximum Gasteiger partial charge on any atom is 0.138 e. The molecule has 0 bridgehead atoms. The van der Waals surface area contributed by atoms with Gasteiger partial charge in [-0.2, -0.15) is 0 Å². The fourth-order valence-corrected chi connectivity index (χ4v) is 3.85. The molecule has 3 heterocycles. The van der Waals surface area contributed by atoms with Gasteiger partial charge in [0.15, 0.2) is 0 Å². The molecule has 4 nitrogen and oxygen atoms in total. The van der Waals surface area contributed by atoms with Crippen LogP contribution in [0.5, 0.6) is 0 Å². The second-order valence-electron chi connectivity index (χ2n) is 6.50. The van der Waals surface area contributed by atoms with Gasteiger partial charge in [0.2, 0.25) is 0 Å². The molecule has 22 heavy (non-hydrogen) atoms. The zero-order chi connectivity index (χ0) is 13.9. The van der Waals surface area contributed by atoms with E-state index >= 15 is 0 Å². The van der Waals surface area contributed by atoms with Crippen LogP contribution in [0.3, 0.4) is 0 Å². The molecule has 2 fully saturated rings. The van der Waals surface area contributed by atoms with Gasteiger partial charge in [-0.25, -0.2) is 0 Å². The van der Waals surface area contributed by atoms with Gasteiger partial charge >= 0.3 is 0 Å². The van der Waals surface area contributed by atoms with Gasteiger partial charge in [-0.3, -0.25) is 4.90 Å². The standard InChI is InChI=1S/C16H27N3O.2ClH/c1-12-16(13(2)20-18-12)11-19-9-5-15(6-10-19)14-3-7-17-8-4-14;;/h14-15,17H,3-11H2,1-2H3;2*1H. The topological polar surface area (TPSA) is 41.3 Å². The highest BCUT2D eigenvalue weighted by Gasteiger charge is 2.28. The molecule has 6 heteroatoms. The van der Waals surface area contributed by atoms with Gasteiger partial charge in [0.1, 0.15) is 5.76 Å². The van der Waals surface area contributed by atoms with Crippen molar-refractivity contribution in [3.05, 3.63) is 17.0 Å². The summed E-state index contributed by atoms with van der Waals surface area (Å²) in [6.07, 6.45) is 5.51. The average molecular weight is 350 g/mol. The molecule has 1 N–H and O–H groups in total. The van der Waals surface area contributed by atoms with Gasteiger partial charge < -0.3 is 9.84 Å². The van der Waals surface area contributed by atoms with Gasteiger partial charge in [-0.15, -0.1) is 24.8 Å². The molecule has 2 saturated heterocycles. The van der Waals surface area contributed by atoms with Crippen LogP contribution in [0.4, 0.5) is 0 Å². The molecule has 1 aromatic rings. The Labute approximate surface area is 146 Å². The molecule has 0 radical (unpaired) electrons. The Balaban J connectivity index is 0.00000121. The zero-order valence-corrected chi connectivity index (χ0v) is 15.3. The Bertz CT molecular complexity index is 419. The van der Waals surface area contributed by atoms with Crippen molar-refractivity contribution in [2.24, 2.45) is 11.8 Å². The Morgan fingerprint density at radius 1 is 1.05 bits per heavy atom. The molecule has 0 aliphatic carbocycles. The van der Waals surface area contributed by atoms with Crippen LogP contribution in [0.2, 0.25) is 0 Å². The van der Waals surface area contributed by atoms with Crippen molar-refractivity contribution in [2.75, 3.05) is 26.2 Å². The van der Waals surface area contributed by atoms with E-state index in [4.69, 9.17) is 4.52 Å². The third-order valence-corrected chi connectivity index (χ3v) is 5.25. The molecule has 2 aliphatic rings. The Morgan fingerprint density at radius 2 is 1.64 bits per heavy atom. The first-order chi connectivity index (χ1) is 9.74. The number of nitrogens with one attached hydrogen (secondary N) is 1. The van der Waals surface area contributed by atoms with Crippen molar-refractivity contribution >= 4 is 24.8 Å². The normalized spacial score (nSPS) is 21.2. The molecule has 0 atom stereocenters. The largest absolute Gasteiger partial charge is 0.361 e. The molecule has 128 valence electrons. The monoisotopic (exact) mass is 349 g/mol. The molecule has 1 aromatic heterocycles. The van der Waals surface area contributed by atoms with Gasteiger partial charge in [-0.1, -0.05) is 5.16 Å². The first-order valence-corrected chi connectivity index (χ1v) is 8.09. The predicted molar refractivity (Wildman–Crippen MR) is 94.1 cm³/mol. The second kappa shape index (κ2) is 9.11. The van der Waals surface area contributed by atoms with Crippen LogP contribution < -0.4 is 5.32 Å². The SMILES string of the molecule is Cc1noc(C)c1CN1CCC(C2CCNCC2)CC1.Cl.Cl. The van der Waals surface area contributed by atoms with E-state index in [1.807, 2.05) is 13.8 Å². The second-order valence-corrected chi connectivity index (χ2v) is 6.50. The molecule has 0 amide bonds. The average Bonchev–Trinajstić information content (AvgIpc) is 2.81. The number of piperidine rings is 2. The Kier molecular flexibility index (Phi) is 8.19. The summed E-state index contributed by atoms with van der Waals surface area (Å²) in [6, 6.07) is 0. The van der Waals surface area contributed by atoms with E-state index in [0.29, 0.717) is 0 Å². The number of hydrogen-bond acceptors (Lipinski definition) is 4. The first kappa shape index (κ1) is 19.8. The number of aryl methyl sites for hydroxylation is 2. The number of likely N-dealkylation sites (tertiary alicyclic amines) is 1. The first-order valence-electron chi connectivity index (χ1n) is 8.09. The molecule has 0 aromatic carbocycles. The summed E-state index contributed by atoms with van der Waals surface area (Å²) in [7, 11) is 0. The summed E-state index contributed by atoms with van der Waals surface area (Å²) >= 11 is 0. The van der Waals surface area contributed by atoms with Crippen molar-refractivity contribution in [1.82, 2.24) is 15.4 Å². The van der Waals surface area contributed by atoms with Crippen LogP contribution in [0.15, 0.2) is 4.52 Å². The van der Waals surface area contributed by atoms with E-state index < -0.39 is 0 Å². The summed E-state index contributed by atoms with van der Waals surface area (Å²) in [5, 5.41) is 7.54. The molecule has 2 aliphatic heterocycles. The minimum Gasteiger partial charge on any atom is -0.361 e. The highest BCUT2D eigenvalue weighted by molar-refractivity contribution is 5.85. The van der Waals surface area contributed by atoms with E-state index in [1.165, 1.54) is 57.4 Å². The summed E-state index contributed by atoms with van der Waals surface area (Å²) in [4.78, 5) is 2.57. The minimum absolute atomic E-state index is 0. The number of halogens is 2. The van der Waals surface area contributed by atoms with Crippen LogP contribution in [-0.4, -0.2) is 36.2 Å². The maximum atomic E-state index is 5.27. The third kappa shape index (κ3) is 4.60. The molecule has 3 rings (SSSR count). The highest BCUT2D eigenvalue weighted by Crippen LogP contribution is 2.31. The summed E-state index contributed by atoms with van der Waals surface area (Å²) in [6.45, 7) is 10.0. The van der Waals surface area contributed by atoms with E-state index in [-0.39, 0.29) is 24.8 Å². The van der Waals surface area contributed by atoms with Crippen LogP contribution >= 0.6 is 24.8 Å². The van der Waals surface area contributed by atoms with E-state index in [9.17, 15) is 0 Å². The van der Waals surface area contributed by atoms with Crippen molar-refractivity contribution in [3.8, 4) is 0 Å². The summed E-state index contributed by atoms with van der Waals surface area (Å²) in [5.74, 6) is 2.92. The summed E-state index contributed by atoms with van der Waals surface area (Å²) in [5.41, 5.74) is 2.35. The molecule has 0 unspecified atom stereocenters. The fourth-order valence-electron chi connectivity index (χ4n) is 3.85. The molecular weight excluding hydrogens is 321 g/mol. The third-order valence-electron chi connectivity index (χ3n) is 5.25. The van der Waals surface area contributed by atoms with Crippen LogP contribution in [0, 0.1) is 25.7 Å². The Morgan fingerprint density at radius 3 is 2.18 bits per heavy atom. The fraction of sp³-hybridized carbons (Fsp3) is 0.812. The van der Waals surface area contributed by atoms with Gasteiger partial charge in [0.05, 0.1) is 5.69 Å². The van der Waals surface area contributed by atoms with Gasteiger partial charge in [-0.05, 0) is 77.5 Å². The molecular formula is C16H29Cl2N3O. The lowest BCUT2D eigenvalue weighted by molar-refractivity contribution is 0.125. The smallest absolute Gasteiger partial charge is 0.138 e. The lowest BCUT2D eigenvalue weighted by atomic mass is 9.79. The van der Waals surface area contributed by atoms with Crippen LogP contribution in [0.1, 0.15) is 42.7 Å². The Hall–Kier alpha value is -0.290. The maximum absolute atomic E-state index is 5.27. The van der Waals surface area contributed by atoms with E-state index in [2.05, 4.69) is 15.4 Å². The van der Waals surface area contributed by atoms with Crippen molar-refractivity contribution < 1.29 is 4.52 Å². The predicted octanol–water partition coefficient (Wildman–Crippen LogP) is 3.35. The minimum atomic E-state index is 0. The number of hydrogen-bond donors (Lipinski definition) is 1. The molecule has 0 spiro atoms. The number of rotatable bonds is 3. The highest BCUT2D eigenvalue weighted by atomic mass is 35.5. The quantitative estimate of drug-likeness (QED) is 0.908.